The topological polar surface area (TPSA) is 108 Å². The number of ether oxygens (including phenoxy) is 1. The van der Waals surface area contributed by atoms with Crippen molar-refractivity contribution in [2.45, 2.75) is 62.9 Å². The van der Waals surface area contributed by atoms with Crippen molar-refractivity contribution in [3.05, 3.63) is 66.2 Å². The Morgan fingerprint density at radius 1 is 1.06 bits per heavy atom. The van der Waals surface area contributed by atoms with E-state index in [1.807, 2.05) is 69.3 Å². The summed E-state index contributed by atoms with van der Waals surface area (Å²) < 4.78 is 6.62. The van der Waals surface area contributed by atoms with Crippen LogP contribution in [0.25, 0.3) is 0 Å². The number of carbonyl (C=O) groups is 3. The third kappa shape index (κ3) is 3.71. The van der Waals surface area contributed by atoms with Gasteiger partial charge in [0.25, 0.3) is 0 Å². The average Bonchev–Trinajstić information content (AvgIpc) is 3.41. The number of nitrogens with one attached hydrogen (secondary N) is 2. The third-order valence-corrected chi connectivity index (χ3v) is 7.91. The molecule has 2 aromatic carbocycles. The SMILES string of the molecule is CC(C)NC(=O)C1N([C@H](CO)c2ccccc2)C(=O)[C@@H]2[C@@H](C(=O)Nc3ccccc3)[C@@]3(C)CCC12O3. The zero-order valence-electron chi connectivity index (χ0n) is 20.8. The maximum absolute atomic E-state index is 14.2. The molecule has 6 atom stereocenters. The van der Waals surface area contributed by atoms with Gasteiger partial charge < -0.3 is 25.4 Å². The number of likely N-dealkylation sites (tertiary alicyclic amines) is 1. The largest absolute Gasteiger partial charge is 0.394 e. The van der Waals surface area contributed by atoms with E-state index >= 15 is 0 Å². The lowest BCUT2D eigenvalue weighted by Crippen LogP contribution is -2.57. The molecule has 8 nitrogen and oxygen atoms in total. The Balaban J connectivity index is 1.58. The molecule has 3 aliphatic heterocycles. The van der Waals surface area contributed by atoms with Crippen molar-refractivity contribution >= 4 is 23.4 Å². The van der Waals surface area contributed by atoms with E-state index in [1.54, 1.807) is 12.1 Å². The predicted octanol–water partition coefficient (Wildman–Crippen LogP) is 2.65. The normalized spacial score (nSPS) is 31.4. The minimum Gasteiger partial charge on any atom is -0.394 e. The van der Waals surface area contributed by atoms with Gasteiger partial charge in [-0.05, 0) is 51.3 Å². The summed E-state index contributed by atoms with van der Waals surface area (Å²) in [4.78, 5) is 43.1. The Morgan fingerprint density at radius 3 is 2.31 bits per heavy atom. The van der Waals surface area contributed by atoms with Crippen LogP contribution >= 0.6 is 0 Å². The lowest BCUT2D eigenvalue weighted by atomic mass is 9.66. The summed E-state index contributed by atoms with van der Waals surface area (Å²) in [6.45, 7) is 5.23. The van der Waals surface area contributed by atoms with Gasteiger partial charge in [0, 0.05) is 11.7 Å². The van der Waals surface area contributed by atoms with Gasteiger partial charge in [-0.1, -0.05) is 48.5 Å². The maximum atomic E-state index is 14.2. The Labute approximate surface area is 211 Å². The fourth-order valence-corrected chi connectivity index (χ4v) is 6.53. The van der Waals surface area contributed by atoms with Crippen LogP contribution in [0, 0.1) is 11.8 Å². The Kier molecular flexibility index (Phi) is 6.12. The standard InChI is InChI=1S/C28H33N3O5/c1-17(2)29-25(34)23-28-15-14-27(3,36-28)21(24(33)30-19-12-8-5-9-13-19)22(28)26(35)31(23)20(16-32)18-10-6-4-7-11-18/h4-13,17,20-23,32H,14-16H2,1-3H3,(H,29,34)(H,30,33)/t20-,21+,22+,23?,27-,28?/m1/s1. The van der Waals surface area contributed by atoms with Crippen LogP contribution in [0.15, 0.2) is 60.7 Å². The van der Waals surface area contributed by atoms with Gasteiger partial charge in [0.05, 0.1) is 30.1 Å². The molecule has 0 aromatic heterocycles. The summed E-state index contributed by atoms with van der Waals surface area (Å²) in [5.74, 6) is -2.56. The van der Waals surface area contributed by atoms with Crippen LogP contribution in [-0.4, -0.2) is 57.6 Å². The van der Waals surface area contributed by atoms with Crippen LogP contribution in [0.5, 0.6) is 0 Å². The molecule has 5 rings (SSSR count). The third-order valence-electron chi connectivity index (χ3n) is 7.91. The molecule has 190 valence electrons. The van der Waals surface area contributed by atoms with E-state index in [4.69, 9.17) is 4.74 Å². The van der Waals surface area contributed by atoms with Crippen LogP contribution < -0.4 is 10.6 Å². The van der Waals surface area contributed by atoms with E-state index in [2.05, 4.69) is 10.6 Å². The number of hydrogen-bond acceptors (Lipinski definition) is 5. The van der Waals surface area contributed by atoms with Crippen molar-refractivity contribution in [1.29, 1.82) is 0 Å². The monoisotopic (exact) mass is 491 g/mol. The van der Waals surface area contributed by atoms with Gasteiger partial charge in [0.15, 0.2) is 0 Å². The van der Waals surface area contributed by atoms with Crippen molar-refractivity contribution in [1.82, 2.24) is 10.2 Å². The molecule has 3 amide bonds. The van der Waals surface area contributed by atoms with Gasteiger partial charge in [-0.3, -0.25) is 14.4 Å². The predicted molar refractivity (Wildman–Crippen MR) is 134 cm³/mol. The van der Waals surface area contributed by atoms with E-state index in [0.29, 0.717) is 18.5 Å². The summed E-state index contributed by atoms with van der Waals surface area (Å²) in [7, 11) is 0. The van der Waals surface area contributed by atoms with Crippen molar-refractivity contribution in [2.24, 2.45) is 11.8 Å². The lowest BCUT2D eigenvalue weighted by molar-refractivity contribution is -0.149. The minimum absolute atomic E-state index is 0.152. The maximum Gasteiger partial charge on any atom is 0.246 e. The molecule has 8 heteroatoms. The van der Waals surface area contributed by atoms with E-state index in [9.17, 15) is 19.5 Å². The van der Waals surface area contributed by atoms with E-state index < -0.39 is 35.1 Å². The molecule has 3 fully saturated rings. The Bertz CT molecular complexity index is 1160. The molecule has 3 heterocycles. The first-order valence-electron chi connectivity index (χ1n) is 12.6. The number of nitrogens with zero attached hydrogens (tertiary/aromatic N) is 1. The molecule has 3 saturated heterocycles. The number of rotatable bonds is 7. The number of hydrogen-bond donors (Lipinski definition) is 3. The van der Waals surface area contributed by atoms with Gasteiger partial charge in [-0.15, -0.1) is 0 Å². The van der Waals surface area contributed by atoms with Crippen molar-refractivity contribution < 1.29 is 24.2 Å². The molecule has 0 aliphatic carbocycles. The van der Waals surface area contributed by atoms with E-state index in [0.717, 1.165) is 5.56 Å². The second kappa shape index (κ2) is 9.01. The van der Waals surface area contributed by atoms with Crippen LogP contribution in [0.3, 0.4) is 0 Å². The zero-order valence-corrected chi connectivity index (χ0v) is 20.8. The number of anilines is 1. The first kappa shape index (κ1) is 24.5. The molecule has 3 aliphatic rings. The summed E-state index contributed by atoms with van der Waals surface area (Å²) in [5, 5.41) is 16.4. The second-order valence-electron chi connectivity index (χ2n) is 10.6. The van der Waals surface area contributed by atoms with Crippen LogP contribution in [0.4, 0.5) is 5.69 Å². The summed E-state index contributed by atoms with van der Waals surface area (Å²) in [6, 6.07) is 16.4. The number of para-hydroxylation sites is 1. The Hall–Kier alpha value is -3.23. The molecule has 0 saturated carbocycles. The van der Waals surface area contributed by atoms with Crippen LogP contribution in [-0.2, 0) is 19.1 Å². The number of amides is 3. The summed E-state index contributed by atoms with van der Waals surface area (Å²) >= 11 is 0. The lowest BCUT2D eigenvalue weighted by Gasteiger charge is -2.37. The van der Waals surface area contributed by atoms with Crippen molar-refractivity contribution in [2.75, 3.05) is 11.9 Å². The Morgan fingerprint density at radius 2 is 1.69 bits per heavy atom. The van der Waals surface area contributed by atoms with Crippen LogP contribution in [0.2, 0.25) is 0 Å². The van der Waals surface area contributed by atoms with Gasteiger partial charge in [-0.2, -0.15) is 0 Å². The van der Waals surface area contributed by atoms with Gasteiger partial charge in [-0.25, -0.2) is 0 Å². The fourth-order valence-electron chi connectivity index (χ4n) is 6.53. The number of aliphatic hydroxyl groups is 1. The summed E-state index contributed by atoms with van der Waals surface area (Å²) in [5.41, 5.74) is -0.663. The van der Waals surface area contributed by atoms with Gasteiger partial charge in [0.1, 0.15) is 11.6 Å². The zero-order chi connectivity index (χ0) is 25.7. The molecule has 2 bridgehead atoms. The molecular weight excluding hydrogens is 458 g/mol. The first-order chi connectivity index (χ1) is 17.2. The first-order valence-corrected chi connectivity index (χ1v) is 12.6. The minimum atomic E-state index is -1.15. The number of fused-ring (bicyclic) bond motifs is 1. The molecule has 2 unspecified atom stereocenters. The highest BCUT2D eigenvalue weighted by Gasteiger charge is 2.78. The molecule has 1 spiro atoms. The van der Waals surface area contributed by atoms with E-state index in [1.165, 1.54) is 4.90 Å². The number of carbonyl (C=O) groups excluding carboxylic acids is 3. The number of benzene rings is 2. The van der Waals surface area contributed by atoms with Gasteiger partial charge in [0.2, 0.25) is 17.7 Å². The molecular formula is C28H33N3O5. The molecule has 0 radical (unpaired) electrons. The van der Waals surface area contributed by atoms with Crippen molar-refractivity contribution in [3.8, 4) is 0 Å². The quantitative estimate of drug-likeness (QED) is 0.552. The van der Waals surface area contributed by atoms with E-state index in [-0.39, 0.29) is 30.4 Å². The number of aliphatic hydroxyl groups excluding tert-OH is 1. The molecule has 3 N–H and O–H groups in total. The van der Waals surface area contributed by atoms with Crippen molar-refractivity contribution in [3.63, 3.8) is 0 Å². The average molecular weight is 492 g/mol. The highest BCUT2D eigenvalue weighted by atomic mass is 16.5. The fraction of sp³-hybridized carbons (Fsp3) is 0.464. The highest BCUT2D eigenvalue weighted by Crippen LogP contribution is 2.64. The smallest absolute Gasteiger partial charge is 0.246 e. The second-order valence-corrected chi connectivity index (χ2v) is 10.6. The summed E-state index contributed by atoms with van der Waals surface area (Å²) in [6.07, 6.45) is 1.03. The molecule has 36 heavy (non-hydrogen) atoms. The molecule has 2 aromatic rings. The highest BCUT2D eigenvalue weighted by molar-refractivity contribution is 6.02. The van der Waals surface area contributed by atoms with Gasteiger partial charge >= 0.3 is 0 Å². The van der Waals surface area contributed by atoms with Crippen LogP contribution in [0.1, 0.15) is 45.2 Å².